The first-order valence-electron chi connectivity index (χ1n) is 12.2. The molecule has 0 aliphatic carbocycles. The monoisotopic (exact) mass is 567 g/mol. The number of esters is 1. The van der Waals surface area contributed by atoms with E-state index in [2.05, 4.69) is 4.99 Å². The number of hydrogen-bond donors (Lipinski definition) is 0. The minimum atomic E-state index is -3.84. The summed E-state index contributed by atoms with van der Waals surface area (Å²) in [6.07, 6.45) is 0. The average Bonchev–Trinajstić information content (AvgIpc) is 3.52. The van der Waals surface area contributed by atoms with Crippen molar-refractivity contribution in [3.05, 3.63) is 77.1 Å². The second-order valence-electron chi connectivity index (χ2n) is 8.40. The van der Waals surface area contributed by atoms with E-state index in [1.807, 2.05) is 6.07 Å². The molecule has 1 aromatic heterocycles. The number of hydrogen-bond acceptors (Lipinski definition) is 8. The van der Waals surface area contributed by atoms with Crippen LogP contribution in [0.2, 0.25) is 0 Å². The van der Waals surface area contributed by atoms with Crippen LogP contribution in [0.5, 0.6) is 11.5 Å². The molecular formula is C27H25N3O7S2. The predicted molar refractivity (Wildman–Crippen MR) is 146 cm³/mol. The molecule has 1 aliphatic rings. The van der Waals surface area contributed by atoms with Crippen LogP contribution in [-0.2, 0) is 26.1 Å². The molecule has 39 heavy (non-hydrogen) atoms. The third-order valence-electron chi connectivity index (χ3n) is 5.99. The lowest BCUT2D eigenvalue weighted by Gasteiger charge is -2.22. The minimum absolute atomic E-state index is 0.0542. The number of anilines is 1. The van der Waals surface area contributed by atoms with Gasteiger partial charge in [0, 0.05) is 24.2 Å². The molecule has 12 heteroatoms. The van der Waals surface area contributed by atoms with E-state index in [1.165, 1.54) is 39.9 Å². The molecule has 0 radical (unpaired) electrons. The lowest BCUT2D eigenvalue weighted by atomic mass is 10.2. The molecule has 1 aliphatic heterocycles. The average molecular weight is 568 g/mol. The van der Waals surface area contributed by atoms with Gasteiger partial charge in [0.05, 0.1) is 27.4 Å². The van der Waals surface area contributed by atoms with Gasteiger partial charge in [-0.15, -0.1) is 0 Å². The van der Waals surface area contributed by atoms with Crippen molar-refractivity contribution in [1.82, 2.24) is 4.57 Å². The maximum absolute atomic E-state index is 13.3. The van der Waals surface area contributed by atoms with Gasteiger partial charge in [-0.05, 0) is 50.2 Å². The van der Waals surface area contributed by atoms with Gasteiger partial charge in [0.1, 0.15) is 6.54 Å². The van der Waals surface area contributed by atoms with Crippen molar-refractivity contribution in [2.75, 3.05) is 24.2 Å². The fourth-order valence-corrected chi connectivity index (χ4v) is 6.68. The second kappa shape index (κ2) is 10.9. The van der Waals surface area contributed by atoms with Crippen molar-refractivity contribution in [2.45, 2.75) is 25.3 Å². The van der Waals surface area contributed by atoms with E-state index in [0.29, 0.717) is 22.7 Å². The van der Waals surface area contributed by atoms with Crippen molar-refractivity contribution in [2.24, 2.45) is 4.99 Å². The maximum Gasteiger partial charge on any atom is 0.326 e. The van der Waals surface area contributed by atoms with Gasteiger partial charge >= 0.3 is 5.97 Å². The van der Waals surface area contributed by atoms with Gasteiger partial charge in [-0.3, -0.25) is 13.9 Å². The van der Waals surface area contributed by atoms with Crippen molar-refractivity contribution in [3.63, 3.8) is 0 Å². The van der Waals surface area contributed by atoms with E-state index in [4.69, 9.17) is 14.2 Å². The van der Waals surface area contributed by atoms with Crippen LogP contribution in [-0.4, -0.2) is 44.8 Å². The van der Waals surface area contributed by atoms with Gasteiger partial charge in [-0.1, -0.05) is 29.5 Å². The number of para-hydroxylation sites is 1. The molecule has 0 fully saturated rings. The molecule has 2 heterocycles. The Morgan fingerprint density at radius 1 is 1.03 bits per heavy atom. The molecule has 3 aromatic carbocycles. The Morgan fingerprint density at radius 3 is 2.38 bits per heavy atom. The highest BCUT2D eigenvalue weighted by atomic mass is 32.2. The summed E-state index contributed by atoms with van der Waals surface area (Å²) < 4.78 is 46.2. The lowest BCUT2D eigenvalue weighted by Crippen LogP contribution is -2.30. The number of carbonyl (C=O) groups excluding carboxylic acids is 2. The number of fused-ring (bicyclic) bond motifs is 2. The number of rotatable bonds is 8. The number of sulfonamides is 1. The van der Waals surface area contributed by atoms with Gasteiger partial charge in [0.15, 0.2) is 16.3 Å². The summed E-state index contributed by atoms with van der Waals surface area (Å²) in [6.45, 7) is 3.88. The van der Waals surface area contributed by atoms with Crippen molar-refractivity contribution < 1.29 is 32.2 Å². The van der Waals surface area contributed by atoms with Gasteiger partial charge in [0.2, 0.25) is 6.79 Å². The largest absolute Gasteiger partial charge is 0.465 e. The first-order chi connectivity index (χ1) is 18.8. The first-order valence-corrected chi connectivity index (χ1v) is 14.4. The molecule has 0 N–H and O–H groups in total. The number of nitrogens with zero attached hydrogens (tertiary/aromatic N) is 3. The molecule has 1 amide bonds. The van der Waals surface area contributed by atoms with E-state index in [0.717, 1.165) is 4.70 Å². The van der Waals surface area contributed by atoms with Crippen LogP contribution in [0.4, 0.5) is 5.69 Å². The summed E-state index contributed by atoms with van der Waals surface area (Å²) in [5.41, 5.74) is 1.39. The lowest BCUT2D eigenvalue weighted by molar-refractivity contribution is -0.143. The quantitative estimate of drug-likeness (QED) is 0.296. The highest BCUT2D eigenvalue weighted by molar-refractivity contribution is 7.92. The smallest absolute Gasteiger partial charge is 0.326 e. The number of carbonyl (C=O) groups is 2. The fourth-order valence-electron chi connectivity index (χ4n) is 4.17. The zero-order valence-electron chi connectivity index (χ0n) is 21.2. The Hall–Kier alpha value is -4.16. The molecule has 0 saturated heterocycles. The zero-order chi connectivity index (χ0) is 27.6. The first kappa shape index (κ1) is 26.4. The summed E-state index contributed by atoms with van der Waals surface area (Å²) in [4.78, 5) is 30.1. The van der Waals surface area contributed by atoms with Gasteiger partial charge < -0.3 is 18.8 Å². The molecular weight excluding hydrogens is 542 g/mol. The Balaban J connectivity index is 1.48. The zero-order valence-corrected chi connectivity index (χ0v) is 22.8. The van der Waals surface area contributed by atoms with Gasteiger partial charge in [-0.2, -0.15) is 4.99 Å². The van der Waals surface area contributed by atoms with Gasteiger partial charge in [-0.25, -0.2) is 8.42 Å². The molecule has 10 nitrogen and oxygen atoms in total. The van der Waals surface area contributed by atoms with E-state index in [9.17, 15) is 18.0 Å². The maximum atomic E-state index is 13.3. The molecule has 5 rings (SSSR count). The molecule has 202 valence electrons. The van der Waals surface area contributed by atoms with Crippen molar-refractivity contribution >= 4 is 49.1 Å². The topological polar surface area (TPSA) is 117 Å². The van der Waals surface area contributed by atoms with Crippen LogP contribution < -0.4 is 18.6 Å². The van der Waals surface area contributed by atoms with Crippen LogP contribution in [0.15, 0.2) is 76.6 Å². The molecule has 0 saturated carbocycles. The van der Waals surface area contributed by atoms with Crippen molar-refractivity contribution in [1.29, 1.82) is 0 Å². The van der Waals surface area contributed by atoms with E-state index in [-0.39, 0.29) is 41.7 Å². The second-order valence-corrected chi connectivity index (χ2v) is 11.3. The Kier molecular flexibility index (Phi) is 7.40. The fraction of sp³-hybridized carbons (Fsp3) is 0.222. The van der Waals surface area contributed by atoms with Gasteiger partial charge in [0.25, 0.3) is 15.9 Å². The van der Waals surface area contributed by atoms with Crippen LogP contribution in [0.25, 0.3) is 10.2 Å². The van der Waals surface area contributed by atoms with Crippen LogP contribution >= 0.6 is 11.3 Å². The number of amides is 1. The Morgan fingerprint density at radius 2 is 1.72 bits per heavy atom. The summed E-state index contributed by atoms with van der Waals surface area (Å²) in [5, 5.41) is 0. The summed E-state index contributed by atoms with van der Waals surface area (Å²) in [6, 6.07) is 18.0. The van der Waals surface area contributed by atoms with Crippen molar-refractivity contribution in [3.8, 4) is 11.5 Å². The Bertz CT molecular complexity index is 1710. The van der Waals surface area contributed by atoms with Crippen LogP contribution in [0.1, 0.15) is 24.2 Å². The van der Waals surface area contributed by atoms with Crippen LogP contribution in [0.3, 0.4) is 0 Å². The predicted octanol–water partition coefficient (Wildman–Crippen LogP) is 3.95. The van der Waals surface area contributed by atoms with E-state index >= 15 is 0 Å². The number of benzene rings is 3. The summed E-state index contributed by atoms with van der Waals surface area (Å²) in [7, 11) is -3.84. The highest BCUT2D eigenvalue weighted by Gasteiger charge is 2.24. The van der Waals surface area contributed by atoms with E-state index in [1.54, 1.807) is 54.8 Å². The summed E-state index contributed by atoms with van der Waals surface area (Å²) >= 11 is 1.21. The SMILES string of the molecule is CCOC(=O)Cn1c(=NC(=O)c2ccc(S(=O)(=O)N(CC)c3ccccc3)cc2)sc2cc3c(cc21)OCO3. The number of thiazole rings is 1. The number of aromatic nitrogens is 1. The third-order valence-corrected chi connectivity index (χ3v) is 8.95. The number of ether oxygens (including phenoxy) is 3. The molecule has 4 aromatic rings. The molecule has 0 atom stereocenters. The van der Waals surface area contributed by atoms with Crippen LogP contribution in [0, 0.1) is 0 Å². The molecule has 0 spiro atoms. The highest BCUT2D eigenvalue weighted by Crippen LogP contribution is 2.37. The standard InChI is InChI=1S/C27H25N3O7S2/c1-3-30(19-8-6-5-7-9-19)39(33,34)20-12-10-18(11-13-20)26(32)28-27-29(16-25(31)35-4-2)21-14-22-23(37-17-36-22)15-24(21)38-27/h5-15H,3-4,16-17H2,1-2H3. The normalized spacial score (nSPS) is 13.0. The van der Waals surface area contributed by atoms with E-state index < -0.39 is 21.9 Å². The summed E-state index contributed by atoms with van der Waals surface area (Å²) in [5.74, 6) is 0.0401. The molecule has 0 unspecified atom stereocenters. The Labute approximate surface area is 228 Å². The molecule has 0 bridgehead atoms. The minimum Gasteiger partial charge on any atom is -0.465 e. The third kappa shape index (κ3) is 5.25.